The van der Waals surface area contributed by atoms with Gasteiger partial charge >= 0.3 is 5.69 Å². The minimum atomic E-state index is -1.43. The summed E-state index contributed by atoms with van der Waals surface area (Å²) in [6, 6.07) is 17.2. The van der Waals surface area contributed by atoms with Crippen LogP contribution < -0.4 is 16.7 Å². The Balaban J connectivity index is 1.69. The standard InChI is InChI=1S/C30H27Cl3FN5O4/c1-30(2,28(35)42)36-27(41)22(21-7-5-8-23(32)25(21)33)14-20(40)16-39-29(43)38(15-18-6-3-4-9-24(18)34)26(37-39)17-10-12-19(31)13-11-17/h3-13,22H,14-16H2,1-2H3,(H2,35,42)(H,36,41). The summed E-state index contributed by atoms with van der Waals surface area (Å²) >= 11 is 18.6. The van der Waals surface area contributed by atoms with Crippen molar-refractivity contribution >= 4 is 52.4 Å². The van der Waals surface area contributed by atoms with Gasteiger partial charge in [-0.05, 0) is 55.8 Å². The molecule has 1 heterocycles. The molecule has 0 bridgehead atoms. The number of hydrogen-bond acceptors (Lipinski definition) is 5. The molecule has 0 saturated carbocycles. The molecule has 4 aromatic rings. The summed E-state index contributed by atoms with van der Waals surface area (Å²) in [6.07, 6.45) is -0.413. The summed E-state index contributed by atoms with van der Waals surface area (Å²) in [5, 5.41) is 7.62. The number of amides is 2. The predicted octanol–water partition coefficient (Wildman–Crippen LogP) is 4.98. The SMILES string of the molecule is CC(C)(NC(=O)C(CC(=O)Cn1nc(-c2ccc(Cl)cc2)n(Cc2ccccc2F)c1=O)c1cccc(Cl)c1Cl)C(N)=O. The minimum Gasteiger partial charge on any atom is -0.368 e. The molecule has 0 aliphatic heterocycles. The van der Waals surface area contributed by atoms with Crippen LogP contribution in [0.5, 0.6) is 0 Å². The van der Waals surface area contributed by atoms with E-state index in [1.807, 2.05) is 0 Å². The van der Waals surface area contributed by atoms with Crippen molar-refractivity contribution in [3.05, 3.63) is 109 Å². The van der Waals surface area contributed by atoms with Gasteiger partial charge in [-0.3, -0.25) is 19.0 Å². The monoisotopic (exact) mass is 645 g/mol. The molecule has 3 N–H and O–H groups in total. The second-order valence-corrected chi connectivity index (χ2v) is 11.6. The Morgan fingerprint density at radius 1 is 1.00 bits per heavy atom. The van der Waals surface area contributed by atoms with Crippen molar-refractivity contribution in [2.24, 2.45) is 5.73 Å². The first kappa shape index (κ1) is 31.9. The van der Waals surface area contributed by atoms with Crippen molar-refractivity contribution in [3.8, 4) is 11.4 Å². The van der Waals surface area contributed by atoms with Gasteiger partial charge < -0.3 is 11.1 Å². The van der Waals surface area contributed by atoms with Crippen LogP contribution in [-0.4, -0.2) is 37.5 Å². The van der Waals surface area contributed by atoms with E-state index in [4.69, 9.17) is 40.5 Å². The largest absolute Gasteiger partial charge is 0.368 e. The van der Waals surface area contributed by atoms with E-state index in [-0.39, 0.29) is 33.5 Å². The van der Waals surface area contributed by atoms with Crippen LogP contribution in [0.2, 0.25) is 15.1 Å². The predicted molar refractivity (Wildman–Crippen MR) is 163 cm³/mol. The Morgan fingerprint density at radius 3 is 2.33 bits per heavy atom. The van der Waals surface area contributed by atoms with Crippen LogP contribution in [0.25, 0.3) is 11.4 Å². The molecule has 0 saturated heterocycles. The maximum absolute atomic E-state index is 14.5. The summed E-state index contributed by atoms with van der Waals surface area (Å²) < 4.78 is 16.7. The van der Waals surface area contributed by atoms with Crippen molar-refractivity contribution in [1.82, 2.24) is 19.7 Å². The van der Waals surface area contributed by atoms with E-state index in [0.717, 1.165) is 4.68 Å². The number of carbonyl (C=O) groups excluding carboxylic acids is 3. The zero-order valence-electron chi connectivity index (χ0n) is 23.1. The average molecular weight is 647 g/mol. The summed E-state index contributed by atoms with van der Waals surface area (Å²) in [6.45, 7) is 2.19. The first-order valence-corrected chi connectivity index (χ1v) is 14.2. The van der Waals surface area contributed by atoms with E-state index >= 15 is 0 Å². The number of nitrogens with zero attached hydrogens (tertiary/aromatic N) is 3. The number of ketones is 1. The Bertz CT molecular complexity index is 1750. The van der Waals surface area contributed by atoms with E-state index in [0.29, 0.717) is 10.6 Å². The Kier molecular flexibility index (Phi) is 9.74. The molecule has 0 fully saturated rings. The number of carbonyl (C=O) groups is 3. The zero-order valence-corrected chi connectivity index (χ0v) is 25.4. The lowest BCUT2D eigenvalue weighted by molar-refractivity contribution is -0.132. The highest BCUT2D eigenvalue weighted by Crippen LogP contribution is 2.33. The fourth-order valence-corrected chi connectivity index (χ4v) is 4.91. The van der Waals surface area contributed by atoms with Crippen LogP contribution in [0, 0.1) is 5.82 Å². The third-order valence-electron chi connectivity index (χ3n) is 6.79. The molecule has 4 rings (SSSR count). The van der Waals surface area contributed by atoms with E-state index in [9.17, 15) is 23.6 Å². The van der Waals surface area contributed by atoms with Gasteiger partial charge in [0.2, 0.25) is 11.8 Å². The van der Waals surface area contributed by atoms with Crippen LogP contribution >= 0.6 is 34.8 Å². The molecule has 2 amide bonds. The number of primary amides is 1. The molecule has 9 nitrogen and oxygen atoms in total. The van der Waals surface area contributed by atoms with Crippen molar-refractivity contribution in [2.75, 3.05) is 0 Å². The Labute approximate surface area is 261 Å². The molecule has 0 radical (unpaired) electrons. The van der Waals surface area contributed by atoms with Crippen molar-refractivity contribution < 1.29 is 18.8 Å². The Morgan fingerprint density at radius 2 is 1.67 bits per heavy atom. The summed E-state index contributed by atoms with van der Waals surface area (Å²) in [5.74, 6) is -3.53. The molecular weight excluding hydrogens is 620 g/mol. The second kappa shape index (κ2) is 13.1. The van der Waals surface area contributed by atoms with Crippen molar-refractivity contribution in [1.29, 1.82) is 0 Å². The highest BCUT2D eigenvalue weighted by molar-refractivity contribution is 6.42. The molecule has 0 spiro atoms. The number of nitrogens with two attached hydrogens (primary N) is 1. The fourth-order valence-electron chi connectivity index (χ4n) is 4.35. The maximum atomic E-state index is 14.5. The lowest BCUT2D eigenvalue weighted by Crippen LogP contribution is -2.54. The fraction of sp³-hybridized carbons (Fsp3) is 0.233. The number of rotatable bonds is 11. The first-order valence-electron chi connectivity index (χ1n) is 13.0. The number of nitrogens with one attached hydrogen (secondary N) is 1. The third-order valence-corrected chi connectivity index (χ3v) is 7.88. The summed E-state index contributed by atoms with van der Waals surface area (Å²) in [7, 11) is 0. The van der Waals surface area contributed by atoms with Gasteiger partial charge in [0.05, 0.1) is 22.5 Å². The van der Waals surface area contributed by atoms with Gasteiger partial charge in [-0.1, -0.05) is 65.1 Å². The van der Waals surface area contributed by atoms with Gasteiger partial charge in [-0.15, -0.1) is 5.10 Å². The van der Waals surface area contributed by atoms with Crippen LogP contribution in [0.4, 0.5) is 4.39 Å². The maximum Gasteiger partial charge on any atom is 0.346 e. The topological polar surface area (TPSA) is 129 Å². The first-order chi connectivity index (χ1) is 20.3. The molecule has 1 unspecified atom stereocenters. The van der Waals surface area contributed by atoms with Gasteiger partial charge in [0, 0.05) is 22.6 Å². The van der Waals surface area contributed by atoms with Gasteiger partial charge in [-0.25, -0.2) is 13.9 Å². The highest BCUT2D eigenvalue weighted by Gasteiger charge is 2.33. The molecule has 224 valence electrons. The summed E-state index contributed by atoms with van der Waals surface area (Å²) in [5.41, 5.74) is 4.33. The third kappa shape index (κ3) is 7.33. The van der Waals surface area contributed by atoms with E-state index in [1.165, 1.54) is 42.7 Å². The van der Waals surface area contributed by atoms with E-state index in [1.54, 1.807) is 42.5 Å². The van der Waals surface area contributed by atoms with Crippen LogP contribution in [0.1, 0.15) is 37.3 Å². The molecule has 3 aromatic carbocycles. The number of benzene rings is 3. The van der Waals surface area contributed by atoms with Crippen LogP contribution in [0.15, 0.2) is 71.5 Å². The lowest BCUT2D eigenvalue weighted by atomic mass is 9.91. The molecule has 1 atom stereocenters. The molecular formula is C30H27Cl3FN5O4. The summed E-state index contributed by atoms with van der Waals surface area (Å²) in [4.78, 5) is 52.2. The van der Waals surface area contributed by atoms with Gasteiger partial charge in [0.25, 0.3) is 0 Å². The highest BCUT2D eigenvalue weighted by atomic mass is 35.5. The number of hydrogen-bond donors (Lipinski definition) is 2. The van der Waals surface area contributed by atoms with Crippen molar-refractivity contribution in [2.45, 2.75) is 44.8 Å². The second-order valence-electron chi connectivity index (χ2n) is 10.4. The zero-order chi connectivity index (χ0) is 31.5. The number of halogens is 4. The molecule has 1 aromatic heterocycles. The van der Waals surface area contributed by atoms with Gasteiger partial charge in [0.15, 0.2) is 11.6 Å². The number of Topliss-reactive ketones (excluding diaryl/α,β-unsaturated/α-hetero) is 1. The minimum absolute atomic E-state index is 0.0605. The van der Waals surface area contributed by atoms with Crippen LogP contribution in [-0.2, 0) is 27.5 Å². The van der Waals surface area contributed by atoms with Crippen molar-refractivity contribution in [3.63, 3.8) is 0 Å². The lowest BCUT2D eigenvalue weighted by Gasteiger charge is -2.26. The molecule has 43 heavy (non-hydrogen) atoms. The van der Waals surface area contributed by atoms with Gasteiger partial charge in [0.1, 0.15) is 17.9 Å². The quantitative estimate of drug-likeness (QED) is 0.238. The molecule has 0 aliphatic carbocycles. The average Bonchev–Trinajstić information content (AvgIpc) is 3.24. The van der Waals surface area contributed by atoms with E-state index < -0.39 is 53.5 Å². The van der Waals surface area contributed by atoms with Gasteiger partial charge in [-0.2, -0.15) is 0 Å². The van der Waals surface area contributed by atoms with Crippen LogP contribution in [0.3, 0.4) is 0 Å². The smallest absolute Gasteiger partial charge is 0.346 e. The normalized spacial score (nSPS) is 12.1. The number of aromatic nitrogens is 3. The molecule has 0 aliphatic rings. The molecule has 13 heteroatoms. The Hall–Kier alpha value is -3.99. The van der Waals surface area contributed by atoms with E-state index in [2.05, 4.69) is 10.4 Å².